The lowest BCUT2D eigenvalue weighted by atomic mass is 10.0. The molecule has 2 atom stereocenters. The van der Waals surface area contributed by atoms with Crippen molar-refractivity contribution in [1.82, 2.24) is 5.32 Å². The maximum absolute atomic E-state index is 5.20. The normalized spacial score (nSPS) is 26.9. The van der Waals surface area contributed by atoms with Gasteiger partial charge in [0.2, 0.25) is 0 Å². The molecular weight excluding hydrogens is 202 g/mol. The molecule has 1 nitrogen and oxygen atoms in total. The molecule has 0 aliphatic heterocycles. The molecule has 0 amide bonds. The molecule has 0 heterocycles. The summed E-state index contributed by atoms with van der Waals surface area (Å²) in [5.74, 6) is 5.59. The first-order chi connectivity index (χ1) is 7.33. The van der Waals surface area contributed by atoms with Gasteiger partial charge in [-0.1, -0.05) is 25.7 Å². The molecule has 0 aromatic heterocycles. The molecule has 1 N–H and O–H groups in total. The first-order valence-corrected chi connectivity index (χ1v) is 7.23. The van der Waals surface area contributed by atoms with Gasteiger partial charge in [-0.2, -0.15) is 0 Å². The maximum Gasteiger partial charge on any atom is 0.0545 e. The molecule has 2 unspecified atom stereocenters. The minimum Gasteiger partial charge on any atom is -0.313 e. The van der Waals surface area contributed by atoms with Crippen LogP contribution < -0.4 is 5.32 Å². The zero-order valence-corrected chi connectivity index (χ0v) is 10.6. The Morgan fingerprint density at radius 1 is 1.33 bits per heavy atom. The monoisotopic (exact) mass is 225 g/mol. The van der Waals surface area contributed by atoms with E-state index in [-0.39, 0.29) is 0 Å². The van der Waals surface area contributed by atoms with Crippen molar-refractivity contribution >= 4 is 11.8 Å². The second-order valence-electron chi connectivity index (χ2n) is 4.52. The molecule has 86 valence electrons. The zero-order valence-electron chi connectivity index (χ0n) is 9.80. The Morgan fingerprint density at radius 2 is 2.20 bits per heavy atom. The van der Waals surface area contributed by atoms with Crippen LogP contribution in [0.3, 0.4) is 0 Å². The fourth-order valence-electron chi connectivity index (χ4n) is 2.16. The van der Waals surface area contributed by atoms with E-state index in [0.717, 1.165) is 30.0 Å². The molecule has 1 fully saturated rings. The quantitative estimate of drug-likeness (QED) is 0.439. The molecule has 15 heavy (non-hydrogen) atoms. The van der Waals surface area contributed by atoms with E-state index in [9.17, 15) is 0 Å². The average molecular weight is 225 g/mol. The number of thioether (sulfide) groups is 1. The van der Waals surface area contributed by atoms with E-state index < -0.39 is 0 Å². The highest BCUT2D eigenvalue weighted by molar-refractivity contribution is 7.99. The van der Waals surface area contributed by atoms with Gasteiger partial charge in [-0.3, -0.25) is 0 Å². The molecule has 1 aliphatic rings. The summed E-state index contributed by atoms with van der Waals surface area (Å²) in [5.41, 5.74) is 0. The Balaban J connectivity index is 2.03. The van der Waals surface area contributed by atoms with Crippen LogP contribution in [-0.2, 0) is 0 Å². The largest absolute Gasteiger partial charge is 0.313 e. The standard InChI is InChI=1S/C13H23NS/c1-3-10-15-11-9-14-13-6-4-5-12(2)7-8-13/h1,12-14H,4-11H2,2H3. The lowest BCUT2D eigenvalue weighted by Crippen LogP contribution is -2.30. The average Bonchev–Trinajstić information content (AvgIpc) is 2.43. The van der Waals surface area contributed by atoms with Crippen molar-refractivity contribution in [3.63, 3.8) is 0 Å². The molecule has 0 radical (unpaired) electrons. The van der Waals surface area contributed by atoms with Crippen LogP contribution in [0.15, 0.2) is 0 Å². The molecule has 1 saturated carbocycles. The third-order valence-corrected chi connectivity index (χ3v) is 3.99. The van der Waals surface area contributed by atoms with Crippen LogP contribution in [0.25, 0.3) is 0 Å². The van der Waals surface area contributed by atoms with E-state index in [0.29, 0.717) is 0 Å². The summed E-state index contributed by atoms with van der Waals surface area (Å²) in [6.45, 7) is 3.50. The summed E-state index contributed by atoms with van der Waals surface area (Å²) in [4.78, 5) is 0. The van der Waals surface area contributed by atoms with Crippen molar-refractivity contribution in [2.75, 3.05) is 18.1 Å². The predicted molar refractivity (Wildman–Crippen MR) is 70.2 cm³/mol. The Labute approximate surface area is 98.8 Å². The second-order valence-corrected chi connectivity index (χ2v) is 5.63. The summed E-state index contributed by atoms with van der Waals surface area (Å²) in [5, 5.41) is 3.65. The van der Waals surface area contributed by atoms with Gasteiger partial charge in [0.1, 0.15) is 0 Å². The van der Waals surface area contributed by atoms with Crippen molar-refractivity contribution in [2.24, 2.45) is 5.92 Å². The fourth-order valence-corrected chi connectivity index (χ4v) is 2.68. The van der Waals surface area contributed by atoms with Gasteiger partial charge in [0.15, 0.2) is 0 Å². The Bertz CT molecular complexity index is 197. The van der Waals surface area contributed by atoms with Crippen molar-refractivity contribution in [1.29, 1.82) is 0 Å². The molecule has 0 aromatic rings. The van der Waals surface area contributed by atoms with Gasteiger partial charge >= 0.3 is 0 Å². The third-order valence-electron chi connectivity index (χ3n) is 3.12. The van der Waals surface area contributed by atoms with E-state index in [1.54, 1.807) is 0 Å². The number of rotatable bonds is 5. The number of hydrogen-bond acceptors (Lipinski definition) is 2. The third kappa shape index (κ3) is 6.12. The van der Waals surface area contributed by atoms with Crippen LogP contribution in [0.2, 0.25) is 0 Å². The van der Waals surface area contributed by atoms with Crippen molar-refractivity contribution in [3.8, 4) is 12.3 Å². The van der Waals surface area contributed by atoms with Crippen molar-refractivity contribution in [2.45, 2.75) is 45.1 Å². The lowest BCUT2D eigenvalue weighted by Gasteiger charge is -2.15. The summed E-state index contributed by atoms with van der Waals surface area (Å²) >= 11 is 1.85. The minimum atomic E-state index is 0.765. The van der Waals surface area contributed by atoms with Gasteiger partial charge in [0, 0.05) is 18.3 Å². The van der Waals surface area contributed by atoms with Crippen LogP contribution in [0, 0.1) is 18.3 Å². The van der Waals surface area contributed by atoms with E-state index >= 15 is 0 Å². The summed E-state index contributed by atoms with van der Waals surface area (Å²) < 4.78 is 0. The first kappa shape index (κ1) is 12.9. The van der Waals surface area contributed by atoms with Gasteiger partial charge < -0.3 is 5.32 Å². The highest BCUT2D eigenvalue weighted by Crippen LogP contribution is 2.22. The van der Waals surface area contributed by atoms with Gasteiger partial charge in [-0.25, -0.2) is 0 Å². The number of nitrogens with one attached hydrogen (secondary N) is 1. The minimum absolute atomic E-state index is 0.765. The smallest absolute Gasteiger partial charge is 0.0545 e. The van der Waals surface area contributed by atoms with Gasteiger partial charge in [-0.15, -0.1) is 18.2 Å². The number of terminal acetylenes is 1. The molecule has 0 saturated heterocycles. The Kier molecular flexibility index (Phi) is 6.96. The van der Waals surface area contributed by atoms with Crippen LogP contribution in [0.1, 0.15) is 39.0 Å². The van der Waals surface area contributed by atoms with Crippen LogP contribution in [-0.4, -0.2) is 24.1 Å². The van der Waals surface area contributed by atoms with Crippen LogP contribution in [0.4, 0.5) is 0 Å². The fraction of sp³-hybridized carbons (Fsp3) is 0.846. The topological polar surface area (TPSA) is 12.0 Å². The van der Waals surface area contributed by atoms with Gasteiger partial charge in [0.05, 0.1) is 5.75 Å². The van der Waals surface area contributed by atoms with E-state index in [1.807, 2.05) is 11.8 Å². The van der Waals surface area contributed by atoms with E-state index in [2.05, 4.69) is 18.2 Å². The first-order valence-electron chi connectivity index (χ1n) is 6.07. The Morgan fingerprint density at radius 3 is 3.00 bits per heavy atom. The van der Waals surface area contributed by atoms with Crippen LogP contribution >= 0.6 is 11.8 Å². The van der Waals surface area contributed by atoms with E-state index in [1.165, 1.54) is 32.1 Å². The molecule has 0 bridgehead atoms. The lowest BCUT2D eigenvalue weighted by molar-refractivity contribution is 0.459. The summed E-state index contributed by atoms with van der Waals surface area (Å²) in [6.07, 6.45) is 12.1. The molecule has 1 rings (SSSR count). The predicted octanol–water partition coefficient (Wildman–Crippen LogP) is 2.91. The molecule has 2 heteroatoms. The zero-order chi connectivity index (χ0) is 10.9. The molecule has 1 aliphatic carbocycles. The summed E-state index contributed by atoms with van der Waals surface area (Å²) in [6, 6.07) is 0.765. The highest BCUT2D eigenvalue weighted by atomic mass is 32.2. The Hall–Kier alpha value is -0.130. The second kappa shape index (κ2) is 8.07. The van der Waals surface area contributed by atoms with Gasteiger partial charge in [0.25, 0.3) is 0 Å². The SMILES string of the molecule is C#CCSCCNC1CCCC(C)CC1. The van der Waals surface area contributed by atoms with Crippen molar-refractivity contribution in [3.05, 3.63) is 0 Å². The molecule has 0 spiro atoms. The van der Waals surface area contributed by atoms with Gasteiger partial charge in [-0.05, 0) is 25.2 Å². The number of hydrogen-bond donors (Lipinski definition) is 1. The highest BCUT2D eigenvalue weighted by Gasteiger charge is 2.14. The molecular formula is C13H23NS. The van der Waals surface area contributed by atoms with Crippen LogP contribution in [0.5, 0.6) is 0 Å². The summed E-state index contributed by atoms with van der Waals surface area (Å²) in [7, 11) is 0. The maximum atomic E-state index is 5.20. The van der Waals surface area contributed by atoms with E-state index in [4.69, 9.17) is 6.42 Å². The molecule has 0 aromatic carbocycles. The van der Waals surface area contributed by atoms with Crippen molar-refractivity contribution < 1.29 is 0 Å².